The zero-order valence-corrected chi connectivity index (χ0v) is 11.8. The van der Waals surface area contributed by atoms with Gasteiger partial charge in [0.1, 0.15) is 0 Å². The van der Waals surface area contributed by atoms with Crippen molar-refractivity contribution in [1.82, 2.24) is 0 Å². The quantitative estimate of drug-likeness (QED) is 0.657. The summed E-state index contributed by atoms with van der Waals surface area (Å²) in [7, 11) is 0. The fraction of sp³-hybridized carbons (Fsp3) is 0. The first kappa shape index (κ1) is 13.7. The molecule has 0 unspecified atom stereocenters. The van der Waals surface area contributed by atoms with Crippen LogP contribution in [0, 0.1) is 3.57 Å². The smallest absolute Gasteiger partial charge is 0.0130 e. The minimum absolute atomic E-state index is 1.14. The molecule has 17 heavy (non-hydrogen) atoms. The van der Waals surface area contributed by atoms with E-state index in [4.69, 9.17) is 0 Å². The lowest BCUT2D eigenvalue weighted by molar-refractivity contribution is 1.63. The largest absolute Gasteiger partial charge is 0.0985 e. The van der Waals surface area contributed by atoms with Crippen LogP contribution in [-0.4, -0.2) is 0 Å². The lowest BCUT2D eigenvalue weighted by atomic mass is 10.1. The highest BCUT2D eigenvalue weighted by atomic mass is 127. The summed E-state index contributed by atoms with van der Waals surface area (Å²) in [6.07, 6.45) is 3.65. The van der Waals surface area contributed by atoms with Crippen molar-refractivity contribution < 1.29 is 0 Å². The minimum Gasteiger partial charge on any atom is -0.0985 e. The maximum Gasteiger partial charge on any atom is 0.0130 e. The van der Waals surface area contributed by atoms with Gasteiger partial charge in [0.15, 0.2) is 0 Å². The van der Waals surface area contributed by atoms with Crippen LogP contribution < -0.4 is 0 Å². The minimum atomic E-state index is 1.14. The number of benzene rings is 2. The Morgan fingerprint density at radius 1 is 0.765 bits per heavy atom. The van der Waals surface area contributed by atoms with Gasteiger partial charge in [-0.15, -0.1) is 0 Å². The van der Waals surface area contributed by atoms with Gasteiger partial charge in [-0.2, -0.15) is 0 Å². The van der Waals surface area contributed by atoms with Crippen molar-refractivity contribution >= 4 is 34.7 Å². The van der Waals surface area contributed by atoms with E-state index in [2.05, 4.69) is 47.9 Å². The van der Waals surface area contributed by atoms with E-state index in [-0.39, 0.29) is 0 Å². The molecule has 86 valence electrons. The van der Waals surface area contributed by atoms with Gasteiger partial charge in [0, 0.05) is 3.57 Å². The third-order valence-electron chi connectivity index (χ3n) is 2.12. The van der Waals surface area contributed by atoms with E-state index < -0.39 is 0 Å². The van der Waals surface area contributed by atoms with Crippen LogP contribution in [0.2, 0.25) is 0 Å². The van der Waals surface area contributed by atoms with Gasteiger partial charge in [0.05, 0.1) is 0 Å². The summed E-state index contributed by atoms with van der Waals surface area (Å²) in [6.45, 7) is 7.34. The lowest BCUT2D eigenvalue weighted by Crippen LogP contribution is -1.72. The van der Waals surface area contributed by atoms with Gasteiger partial charge < -0.3 is 0 Å². The summed E-state index contributed by atoms with van der Waals surface area (Å²) in [4.78, 5) is 0. The molecule has 0 aliphatic carbocycles. The van der Waals surface area contributed by atoms with E-state index in [1.165, 1.54) is 3.57 Å². The van der Waals surface area contributed by atoms with Crippen LogP contribution in [0.3, 0.4) is 0 Å². The van der Waals surface area contributed by atoms with E-state index in [1.54, 1.807) is 0 Å². The second kappa shape index (κ2) is 7.85. The van der Waals surface area contributed by atoms with Crippen molar-refractivity contribution in [2.24, 2.45) is 0 Å². The first-order chi connectivity index (χ1) is 8.26. The van der Waals surface area contributed by atoms with E-state index in [0.29, 0.717) is 0 Å². The maximum absolute atomic E-state index is 3.67. The number of rotatable bonds is 2. The highest BCUT2D eigenvalue weighted by Crippen LogP contribution is 2.06. The molecule has 1 heteroatoms. The highest BCUT2D eigenvalue weighted by molar-refractivity contribution is 14.1. The molecule has 0 fully saturated rings. The third kappa shape index (κ3) is 5.50. The SMILES string of the molecule is C=Cc1cccc(C=C)c1.Ic1ccccc1. The van der Waals surface area contributed by atoms with Gasteiger partial charge in [0.2, 0.25) is 0 Å². The van der Waals surface area contributed by atoms with Crippen LogP contribution >= 0.6 is 22.6 Å². The molecule has 0 saturated heterocycles. The summed E-state index contributed by atoms with van der Waals surface area (Å²) in [5.74, 6) is 0. The topological polar surface area (TPSA) is 0 Å². The van der Waals surface area contributed by atoms with E-state index in [9.17, 15) is 0 Å². The van der Waals surface area contributed by atoms with Gasteiger partial charge >= 0.3 is 0 Å². The summed E-state index contributed by atoms with van der Waals surface area (Å²) in [5, 5.41) is 0. The molecule has 0 aliphatic rings. The standard InChI is InChI=1S/C10H10.C6H5I/c1-3-9-6-5-7-10(4-2)8-9;7-6-4-2-1-3-5-6/h3-8H,1-2H2;1-5H. The summed E-state index contributed by atoms with van der Waals surface area (Å²) < 4.78 is 1.29. The monoisotopic (exact) mass is 334 g/mol. The Balaban J connectivity index is 0.000000181. The predicted molar refractivity (Wildman–Crippen MR) is 85.8 cm³/mol. The molecule has 0 aliphatic heterocycles. The molecule has 0 saturated carbocycles. The number of hydrogen-bond donors (Lipinski definition) is 0. The Morgan fingerprint density at radius 2 is 1.29 bits per heavy atom. The highest BCUT2D eigenvalue weighted by Gasteiger charge is 1.85. The van der Waals surface area contributed by atoms with E-state index in [1.807, 2.05) is 54.6 Å². The average molecular weight is 334 g/mol. The molecule has 0 heterocycles. The summed E-state index contributed by atoms with van der Waals surface area (Å²) in [5.41, 5.74) is 2.27. The molecule has 2 rings (SSSR count). The van der Waals surface area contributed by atoms with Gasteiger partial charge in [-0.25, -0.2) is 0 Å². The molecular weight excluding hydrogens is 319 g/mol. The normalized spacial score (nSPS) is 8.76. The van der Waals surface area contributed by atoms with Crippen LogP contribution in [0.4, 0.5) is 0 Å². The van der Waals surface area contributed by atoms with Crippen molar-refractivity contribution in [2.45, 2.75) is 0 Å². The maximum atomic E-state index is 3.67. The summed E-state index contributed by atoms with van der Waals surface area (Å²) >= 11 is 2.28. The van der Waals surface area contributed by atoms with Crippen LogP contribution in [0.5, 0.6) is 0 Å². The predicted octanol–water partition coefficient (Wildman–Crippen LogP) is 5.26. The Labute approximate surface area is 117 Å². The molecule has 0 nitrogen and oxygen atoms in total. The second-order valence-corrected chi connectivity index (χ2v) is 4.62. The van der Waals surface area contributed by atoms with Crippen molar-refractivity contribution in [3.63, 3.8) is 0 Å². The average Bonchev–Trinajstić information content (AvgIpc) is 2.40. The first-order valence-corrected chi connectivity index (χ1v) is 6.39. The molecule has 0 radical (unpaired) electrons. The second-order valence-electron chi connectivity index (χ2n) is 3.37. The molecule has 0 N–H and O–H groups in total. The third-order valence-corrected chi connectivity index (χ3v) is 2.83. The fourth-order valence-corrected chi connectivity index (χ4v) is 1.64. The zero-order valence-electron chi connectivity index (χ0n) is 9.64. The van der Waals surface area contributed by atoms with Crippen molar-refractivity contribution in [2.75, 3.05) is 0 Å². The molecule has 2 aromatic rings. The van der Waals surface area contributed by atoms with Crippen LogP contribution in [0.1, 0.15) is 11.1 Å². The Morgan fingerprint density at radius 3 is 1.65 bits per heavy atom. The van der Waals surface area contributed by atoms with Gasteiger partial charge in [-0.1, -0.05) is 61.7 Å². The van der Waals surface area contributed by atoms with E-state index in [0.717, 1.165) is 11.1 Å². The van der Waals surface area contributed by atoms with Crippen molar-refractivity contribution in [3.8, 4) is 0 Å². The van der Waals surface area contributed by atoms with Crippen molar-refractivity contribution in [1.29, 1.82) is 0 Å². The molecule has 0 aromatic heterocycles. The lowest BCUT2D eigenvalue weighted by Gasteiger charge is -1.93. The van der Waals surface area contributed by atoms with E-state index >= 15 is 0 Å². The molecule has 2 aromatic carbocycles. The Kier molecular flexibility index (Phi) is 6.33. The Hall–Kier alpha value is -1.35. The van der Waals surface area contributed by atoms with Gasteiger partial charge in [-0.05, 0) is 51.9 Å². The first-order valence-electron chi connectivity index (χ1n) is 5.31. The fourth-order valence-electron chi connectivity index (χ4n) is 1.23. The zero-order chi connectivity index (χ0) is 12.5. The van der Waals surface area contributed by atoms with Crippen LogP contribution in [0.15, 0.2) is 67.8 Å². The summed E-state index contributed by atoms with van der Waals surface area (Å²) in [6, 6.07) is 18.3. The Bertz CT molecular complexity index is 449. The number of halogens is 1. The van der Waals surface area contributed by atoms with Crippen molar-refractivity contribution in [3.05, 3.63) is 82.5 Å². The van der Waals surface area contributed by atoms with Crippen LogP contribution in [-0.2, 0) is 0 Å². The molecular formula is C16H15I. The molecule has 0 spiro atoms. The molecule has 0 amide bonds. The van der Waals surface area contributed by atoms with Gasteiger partial charge in [0.25, 0.3) is 0 Å². The molecule has 0 bridgehead atoms. The number of hydrogen-bond acceptors (Lipinski definition) is 0. The molecule has 0 atom stereocenters. The van der Waals surface area contributed by atoms with Gasteiger partial charge in [-0.3, -0.25) is 0 Å². The van der Waals surface area contributed by atoms with Crippen LogP contribution in [0.25, 0.3) is 12.2 Å².